The maximum atomic E-state index is 13.3. The number of carbonyl (C=O) groups is 1. The minimum absolute atomic E-state index is 0.0191. The van der Waals surface area contributed by atoms with Gasteiger partial charge in [-0.3, -0.25) is 4.79 Å². The summed E-state index contributed by atoms with van der Waals surface area (Å²) in [4.78, 5) is 15.3. The number of likely N-dealkylation sites (tertiary alicyclic amines) is 1. The summed E-state index contributed by atoms with van der Waals surface area (Å²) in [6.45, 7) is 9.07. The highest BCUT2D eigenvalue weighted by molar-refractivity contribution is 7.89. The van der Waals surface area contributed by atoms with E-state index in [1.165, 1.54) is 11.4 Å². The normalized spacial score (nSPS) is 22.9. The Balaban J connectivity index is 1.77. The van der Waals surface area contributed by atoms with Crippen LogP contribution < -0.4 is 4.74 Å². The van der Waals surface area contributed by atoms with Crippen LogP contribution in [0.1, 0.15) is 25.7 Å². The average molecular weight is 431 g/mol. The Bertz CT molecular complexity index is 938. The fourth-order valence-corrected chi connectivity index (χ4v) is 5.97. The summed E-state index contributed by atoms with van der Waals surface area (Å²) in [5, 5.41) is 0. The van der Waals surface area contributed by atoms with E-state index in [4.69, 9.17) is 4.74 Å². The van der Waals surface area contributed by atoms with Gasteiger partial charge < -0.3 is 9.64 Å². The van der Waals surface area contributed by atoms with E-state index in [1.807, 2.05) is 17.1 Å². The van der Waals surface area contributed by atoms with E-state index in [0.29, 0.717) is 31.7 Å². The molecule has 7 heteroatoms. The first kappa shape index (κ1) is 22.3. The van der Waals surface area contributed by atoms with E-state index in [2.05, 4.69) is 13.2 Å². The van der Waals surface area contributed by atoms with Crippen LogP contribution >= 0.6 is 0 Å². The topological polar surface area (TPSA) is 66.9 Å². The number of hydrogen-bond acceptors (Lipinski definition) is 4. The molecule has 0 radical (unpaired) electrons. The van der Waals surface area contributed by atoms with Crippen molar-refractivity contribution in [3.8, 4) is 5.75 Å². The van der Waals surface area contributed by atoms with Gasteiger partial charge in [-0.05, 0) is 43.4 Å². The number of amides is 1. The van der Waals surface area contributed by atoms with Crippen LogP contribution in [-0.2, 0) is 14.8 Å². The quantitative estimate of drug-likeness (QED) is 0.622. The predicted molar refractivity (Wildman–Crippen MR) is 118 cm³/mol. The Morgan fingerprint density at radius 1 is 1.20 bits per heavy atom. The highest BCUT2D eigenvalue weighted by Gasteiger charge is 2.39. The molecule has 2 saturated heterocycles. The molecule has 0 saturated carbocycles. The van der Waals surface area contributed by atoms with Crippen LogP contribution in [0, 0.1) is 5.92 Å². The lowest BCUT2D eigenvalue weighted by Gasteiger charge is -2.35. The average Bonchev–Trinajstić information content (AvgIpc) is 3.27. The van der Waals surface area contributed by atoms with Gasteiger partial charge in [0.2, 0.25) is 15.9 Å². The summed E-state index contributed by atoms with van der Waals surface area (Å²) in [5.74, 6) is -0.0125. The molecule has 0 aliphatic carbocycles. The Morgan fingerprint density at radius 3 is 2.67 bits per heavy atom. The second-order valence-electron chi connectivity index (χ2n) is 7.71. The molecule has 1 aromatic carbocycles. The first-order chi connectivity index (χ1) is 14.4. The summed E-state index contributed by atoms with van der Waals surface area (Å²) < 4.78 is 33.1. The third-order valence-corrected chi connectivity index (χ3v) is 7.74. The number of carbonyl (C=O) groups excluding carboxylic acids is 1. The standard InChI is InChI=1S/C23H30N2O4S/c1-4-5-10-18(2)20-12-9-16-25(20)23(26)19-11-8-15-24(17-19)30(27,28)22-14-7-6-13-21(22)29-3/h4-7,10,13-14,19-20H,1-2,8-9,11-12,15-17H2,3H3/b10-5-. The third-order valence-electron chi connectivity index (χ3n) is 5.83. The largest absolute Gasteiger partial charge is 0.495 e. The van der Waals surface area contributed by atoms with Crippen molar-refractivity contribution in [3.63, 3.8) is 0 Å². The molecule has 0 spiro atoms. The summed E-state index contributed by atoms with van der Waals surface area (Å²) in [6.07, 6.45) is 8.55. The molecule has 2 aliphatic heterocycles. The van der Waals surface area contributed by atoms with Gasteiger partial charge >= 0.3 is 0 Å². The van der Waals surface area contributed by atoms with Gasteiger partial charge in [-0.15, -0.1) is 0 Å². The van der Waals surface area contributed by atoms with Crippen LogP contribution in [0.2, 0.25) is 0 Å². The number of ether oxygens (including phenoxy) is 1. The van der Waals surface area contributed by atoms with Gasteiger partial charge in [0.05, 0.1) is 19.1 Å². The molecular weight excluding hydrogens is 400 g/mol. The van der Waals surface area contributed by atoms with E-state index in [-0.39, 0.29) is 29.3 Å². The summed E-state index contributed by atoms with van der Waals surface area (Å²) in [6, 6.07) is 6.57. The molecule has 2 aliphatic rings. The molecule has 2 fully saturated rings. The van der Waals surface area contributed by atoms with Gasteiger partial charge in [-0.1, -0.05) is 43.5 Å². The van der Waals surface area contributed by atoms with Gasteiger partial charge in [-0.2, -0.15) is 4.31 Å². The van der Waals surface area contributed by atoms with E-state index < -0.39 is 10.0 Å². The van der Waals surface area contributed by atoms with Crippen molar-refractivity contribution in [2.75, 3.05) is 26.7 Å². The molecular formula is C23H30N2O4S. The van der Waals surface area contributed by atoms with Crippen molar-refractivity contribution in [1.29, 1.82) is 0 Å². The molecule has 0 N–H and O–H groups in total. The van der Waals surface area contributed by atoms with E-state index in [0.717, 1.165) is 18.4 Å². The van der Waals surface area contributed by atoms with Crippen LogP contribution in [0.5, 0.6) is 5.75 Å². The van der Waals surface area contributed by atoms with Crippen LogP contribution in [0.3, 0.4) is 0 Å². The zero-order valence-corrected chi connectivity index (χ0v) is 18.3. The van der Waals surface area contributed by atoms with Crippen molar-refractivity contribution in [1.82, 2.24) is 9.21 Å². The van der Waals surface area contributed by atoms with Crippen LogP contribution in [0.15, 0.2) is 66.1 Å². The Hall–Kier alpha value is -2.38. The van der Waals surface area contributed by atoms with Crippen molar-refractivity contribution < 1.29 is 17.9 Å². The van der Waals surface area contributed by atoms with Crippen LogP contribution in [0.4, 0.5) is 0 Å². The predicted octanol–water partition coefficient (Wildman–Crippen LogP) is 3.39. The lowest BCUT2D eigenvalue weighted by atomic mass is 9.97. The molecule has 2 atom stereocenters. The molecule has 2 unspecified atom stereocenters. The molecule has 2 heterocycles. The minimum Gasteiger partial charge on any atom is -0.495 e. The number of allylic oxidation sites excluding steroid dienone is 2. The summed E-state index contributed by atoms with van der Waals surface area (Å²) >= 11 is 0. The molecule has 1 aromatic rings. The molecule has 6 nitrogen and oxygen atoms in total. The zero-order valence-electron chi connectivity index (χ0n) is 17.5. The summed E-state index contributed by atoms with van der Waals surface area (Å²) in [7, 11) is -2.28. The molecule has 162 valence electrons. The van der Waals surface area contributed by atoms with E-state index in [9.17, 15) is 13.2 Å². The molecule has 3 rings (SSSR count). The van der Waals surface area contributed by atoms with Gasteiger partial charge in [0.1, 0.15) is 10.6 Å². The first-order valence-corrected chi connectivity index (χ1v) is 11.8. The van der Waals surface area contributed by atoms with E-state index >= 15 is 0 Å². The number of benzene rings is 1. The van der Waals surface area contributed by atoms with Gasteiger partial charge in [0.15, 0.2) is 0 Å². The number of nitrogens with zero attached hydrogens (tertiary/aromatic N) is 2. The van der Waals surface area contributed by atoms with Crippen LogP contribution in [0.25, 0.3) is 0 Å². The van der Waals surface area contributed by atoms with Gasteiger partial charge in [0.25, 0.3) is 0 Å². The second-order valence-corrected chi connectivity index (χ2v) is 9.62. The number of para-hydroxylation sites is 1. The van der Waals surface area contributed by atoms with E-state index in [1.54, 1.807) is 30.3 Å². The number of piperidine rings is 1. The molecule has 30 heavy (non-hydrogen) atoms. The number of methoxy groups -OCH3 is 1. The van der Waals surface area contributed by atoms with Crippen molar-refractivity contribution >= 4 is 15.9 Å². The first-order valence-electron chi connectivity index (χ1n) is 10.3. The van der Waals surface area contributed by atoms with Crippen molar-refractivity contribution in [2.45, 2.75) is 36.6 Å². The molecule has 0 bridgehead atoms. The lowest BCUT2D eigenvalue weighted by molar-refractivity contribution is -0.136. The number of hydrogen-bond donors (Lipinski definition) is 0. The van der Waals surface area contributed by atoms with Crippen molar-refractivity contribution in [3.05, 3.63) is 61.2 Å². The maximum Gasteiger partial charge on any atom is 0.246 e. The smallest absolute Gasteiger partial charge is 0.246 e. The molecule has 1 amide bonds. The fraction of sp³-hybridized carbons (Fsp3) is 0.435. The highest BCUT2D eigenvalue weighted by Crippen LogP contribution is 2.32. The second kappa shape index (κ2) is 9.62. The number of rotatable bonds is 7. The maximum absolute atomic E-state index is 13.3. The monoisotopic (exact) mass is 430 g/mol. The highest BCUT2D eigenvalue weighted by atomic mass is 32.2. The Labute approximate surface area is 179 Å². The summed E-state index contributed by atoms with van der Waals surface area (Å²) in [5.41, 5.74) is 0.884. The lowest BCUT2D eigenvalue weighted by Crippen LogP contribution is -2.48. The number of sulfonamides is 1. The Kier molecular flexibility index (Phi) is 7.15. The van der Waals surface area contributed by atoms with Gasteiger partial charge in [0, 0.05) is 19.6 Å². The molecule has 0 aromatic heterocycles. The van der Waals surface area contributed by atoms with Crippen LogP contribution in [-0.4, -0.2) is 56.3 Å². The fourth-order valence-electron chi connectivity index (χ4n) is 4.29. The Morgan fingerprint density at radius 2 is 1.93 bits per heavy atom. The zero-order chi connectivity index (χ0) is 21.7. The third kappa shape index (κ3) is 4.52. The SMILES string of the molecule is C=C/C=C\C(=C)C1CCCN1C(=O)C1CCCN(S(=O)(=O)c2ccccc2OC)C1. The van der Waals surface area contributed by atoms with Gasteiger partial charge in [-0.25, -0.2) is 8.42 Å². The van der Waals surface area contributed by atoms with Crippen molar-refractivity contribution in [2.24, 2.45) is 5.92 Å². The minimum atomic E-state index is -3.74.